The topological polar surface area (TPSA) is 16.4 Å². The van der Waals surface area contributed by atoms with Gasteiger partial charge in [0, 0.05) is 16.5 Å². The van der Waals surface area contributed by atoms with Crippen LogP contribution in [0.5, 0.6) is 0 Å². The fourth-order valence-electron chi connectivity index (χ4n) is 3.75. The van der Waals surface area contributed by atoms with Crippen molar-refractivity contribution in [3.05, 3.63) is 65.4 Å². The second-order valence-corrected chi connectivity index (χ2v) is 9.28. The first-order chi connectivity index (χ1) is 13.6. The van der Waals surface area contributed by atoms with Crippen LogP contribution in [0.4, 0.5) is 18.9 Å². The average Bonchev–Trinajstić information content (AvgIpc) is 3.04. The van der Waals surface area contributed by atoms with Crippen molar-refractivity contribution in [2.75, 3.05) is 3.11 Å². The summed E-state index contributed by atoms with van der Waals surface area (Å²) in [5.74, 6) is 0. The Hall–Kier alpha value is -1.96. The van der Waals surface area contributed by atoms with E-state index in [2.05, 4.69) is 55.8 Å². The molecule has 29 heavy (non-hydrogen) atoms. The van der Waals surface area contributed by atoms with E-state index >= 15 is 0 Å². The smallest absolute Gasteiger partial charge is 0.420 e. The summed E-state index contributed by atoms with van der Waals surface area (Å²) in [6, 6.07) is 9.72. The lowest BCUT2D eigenvalue weighted by molar-refractivity contribution is -0.136. The SMILES string of the molecule is CC(C)(C)C1=CC=C(N(I)c2cccc3c2oc2c(C(F)(F)F)cccc23)CC1. The molecule has 1 aliphatic rings. The zero-order valence-corrected chi connectivity index (χ0v) is 18.6. The first-order valence-corrected chi connectivity index (χ1v) is 10.4. The van der Waals surface area contributed by atoms with Crippen LogP contribution in [0.2, 0.25) is 0 Å². The Bertz CT molecular complexity index is 1150. The fourth-order valence-corrected chi connectivity index (χ4v) is 4.53. The van der Waals surface area contributed by atoms with E-state index in [1.54, 1.807) is 6.07 Å². The van der Waals surface area contributed by atoms with Gasteiger partial charge in [-0.05, 0) is 36.5 Å². The maximum atomic E-state index is 13.4. The van der Waals surface area contributed by atoms with E-state index in [0.717, 1.165) is 30.3 Å². The van der Waals surface area contributed by atoms with E-state index in [1.807, 2.05) is 21.3 Å². The Morgan fingerprint density at radius 1 is 0.897 bits per heavy atom. The largest absolute Gasteiger partial charge is 0.453 e. The second-order valence-electron chi connectivity index (χ2n) is 8.32. The highest BCUT2D eigenvalue weighted by Crippen LogP contribution is 2.43. The van der Waals surface area contributed by atoms with Gasteiger partial charge < -0.3 is 4.42 Å². The zero-order chi connectivity index (χ0) is 21.0. The number of hydrogen-bond acceptors (Lipinski definition) is 2. The van der Waals surface area contributed by atoms with Crippen LogP contribution in [0.25, 0.3) is 21.9 Å². The molecule has 2 aromatic carbocycles. The molecule has 0 amide bonds. The quantitative estimate of drug-likeness (QED) is 0.254. The van der Waals surface area contributed by atoms with Gasteiger partial charge in [0.2, 0.25) is 0 Å². The van der Waals surface area contributed by atoms with Crippen LogP contribution in [0.15, 0.2) is 64.2 Å². The van der Waals surface area contributed by atoms with E-state index < -0.39 is 11.7 Å². The third-order valence-corrected chi connectivity index (χ3v) is 6.50. The summed E-state index contributed by atoms with van der Waals surface area (Å²) < 4.78 is 48.1. The van der Waals surface area contributed by atoms with Crippen LogP contribution in [0, 0.1) is 5.41 Å². The van der Waals surface area contributed by atoms with Crippen molar-refractivity contribution in [3.63, 3.8) is 0 Å². The van der Waals surface area contributed by atoms with E-state index in [1.165, 1.54) is 11.6 Å². The molecule has 0 unspecified atom stereocenters. The molecule has 2 nitrogen and oxygen atoms in total. The Kier molecular flexibility index (Phi) is 4.96. The number of alkyl halides is 3. The van der Waals surface area contributed by atoms with Crippen molar-refractivity contribution in [2.24, 2.45) is 5.41 Å². The first-order valence-electron chi connectivity index (χ1n) is 9.45. The molecule has 152 valence electrons. The zero-order valence-electron chi connectivity index (χ0n) is 16.4. The minimum absolute atomic E-state index is 0.111. The molecule has 0 bridgehead atoms. The maximum Gasteiger partial charge on any atom is 0.420 e. The number of allylic oxidation sites excluding steroid dienone is 4. The van der Waals surface area contributed by atoms with Crippen LogP contribution < -0.4 is 3.11 Å². The van der Waals surface area contributed by atoms with Crippen molar-refractivity contribution in [2.45, 2.75) is 39.8 Å². The number of anilines is 1. The van der Waals surface area contributed by atoms with Gasteiger partial charge in [-0.1, -0.05) is 56.7 Å². The van der Waals surface area contributed by atoms with Crippen molar-refractivity contribution in [1.82, 2.24) is 0 Å². The van der Waals surface area contributed by atoms with Gasteiger partial charge in [-0.15, -0.1) is 0 Å². The molecule has 0 aliphatic heterocycles. The Balaban J connectivity index is 1.83. The molecule has 0 saturated heterocycles. The van der Waals surface area contributed by atoms with Gasteiger partial charge in [0.25, 0.3) is 0 Å². The number of nitrogens with zero attached hydrogens (tertiary/aromatic N) is 1. The van der Waals surface area contributed by atoms with E-state index in [0.29, 0.717) is 16.4 Å². The molecular weight excluding hydrogens is 490 g/mol. The van der Waals surface area contributed by atoms with Crippen molar-refractivity contribution in [1.29, 1.82) is 0 Å². The average molecular weight is 511 g/mol. The number of furan rings is 1. The monoisotopic (exact) mass is 511 g/mol. The van der Waals surface area contributed by atoms with Crippen LogP contribution in [-0.2, 0) is 6.18 Å². The predicted molar refractivity (Wildman–Crippen MR) is 120 cm³/mol. The third-order valence-electron chi connectivity index (χ3n) is 5.36. The molecule has 0 fully saturated rings. The van der Waals surface area contributed by atoms with Crippen LogP contribution >= 0.6 is 22.9 Å². The highest BCUT2D eigenvalue weighted by Gasteiger charge is 2.35. The van der Waals surface area contributed by atoms with E-state index in [9.17, 15) is 13.2 Å². The molecule has 3 aromatic rings. The van der Waals surface area contributed by atoms with Gasteiger partial charge >= 0.3 is 6.18 Å². The normalized spacial score (nSPS) is 15.6. The molecule has 0 radical (unpaired) electrons. The third kappa shape index (κ3) is 3.67. The number of benzene rings is 2. The number of para-hydroxylation sites is 2. The molecule has 6 heteroatoms. The predicted octanol–water partition coefficient (Wildman–Crippen LogP) is 8.41. The summed E-state index contributed by atoms with van der Waals surface area (Å²) in [5, 5.41) is 1.17. The molecule has 4 rings (SSSR count). The lowest BCUT2D eigenvalue weighted by Crippen LogP contribution is -2.16. The molecule has 1 aromatic heterocycles. The summed E-state index contributed by atoms with van der Waals surface area (Å²) in [5.41, 5.74) is 2.99. The minimum Gasteiger partial charge on any atom is -0.453 e. The summed E-state index contributed by atoms with van der Waals surface area (Å²) in [6.45, 7) is 6.60. The van der Waals surface area contributed by atoms with Crippen molar-refractivity contribution < 1.29 is 17.6 Å². The van der Waals surface area contributed by atoms with Gasteiger partial charge in [0.1, 0.15) is 5.58 Å². The van der Waals surface area contributed by atoms with E-state index in [-0.39, 0.29) is 11.0 Å². The molecule has 0 spiro atoms. The highest BCUT2D eigenvalue weighted by atomic mass is 127. The Morgan fingerprint density at radius 2 is 1.55 bits per heavy atom. The standard InChI is InChI=1S/C23H21F3INO/c1-22(2,3)14-10-12-15(13-11-14)28(27)19-9-5-7-17-16-6-4-8-18(23(24,25)26)20(16)29-21(17)19/h4-10,12H,11,13H2,1-3H3. The first kappa shape index (κ1) is 20.3. The minimum atomic E-state index is -4.46. The summed E-state index contributed by atoms with van der Waals surface area (Å²) in [7, 11) is 0. The summed E-state index contributed by atoms with van der Waals surface area (Å²) in [6.07, 6.45) is 1.63. The van der Waals surface area contributed by atoms with Gasteiger partial charge in [-0.25, -0.2) is 0 Å². The molecular formula is C23H21F3INO. The number of halogens is 4. The van der Waals surface area contributed by atoms with Gasteiger partial charge in [0.15, 0.2) is 5.58 Å². The molecule has 0 saturated carbocycles. The van der Waals surface area contributed by atoms with Crippen LogP contribution in [-0.4, -0.2) is 0 Å². The van der Waals surface area contributed by atoms with Crippen LogP contribution in [0.3, 0.4) is 0 Å². The Morgan fingerprint density at radius 3 is 2.14 bits per heavy atom. The number of fused-ring (bicyclic) bond motifs is 3. The lowest BCUT2D eigenvalue weighted by atomic mass is 9.81. The van der Waals surface area contributed by atoms with Gasteiger partial charge in [-0.2, -0.15) is 13.2 Å². The van der Waals surface area contributed by atoms with Crippen molar-refractivity contribution >= 4 is 50.5 Å². The highest BCUT2D eigenvalue weighted by molar-refractivity contribution is 14.1. The van der Waals surface area contributed by atoms with Crippen LogP contribution in [0.1, 0.15) is 39.2 Å². The lowest BCUT2D eigenvalue weighted by Gasteiger charge is -2.28. The molecule has 0 N–H and O–H groups in total. The molecule has 0 atom stereocenters. The summed E-state index contributed by atoms with van der Waals surface area (Å²) >= 11 is 2.21. The van der Waals surface area contributed by atoms with Crippen molar-refractivity contribution in [3.8, 4) is 0 Å². The maximum absolute atomic E-state index is 13.4. The fraction of sp³-hybridized carbons (Fsp3) is 0.304. The second kappa shape index (κ2) is 7.07. The van der Waals surface area contributed by atoms with Gasteiger partial charge in [0.05, 0.1) is 34.1 Å². The summed E-state index contributed by atoms with van der Waals surface area (Å²) in [4.78, 5) is 0. The number of hydrogen-bond donors (Lipinski definition) is 0. The van der Waals surface area contributed by atoms with E-state index in [4.69, 9.17) is 4.42 Å². The number of rotatable bonds is 2. The molecule has 1 aliphatic carbocycles. The molecule has 1 heterocycles. The van der Waals surface area contributed by atoms with Gasteiger partial charge in [-0.3, -0.25) is 3.11 Å². The Labute approximate surface area is 181 Å².